The Labute approximate surface area is 126 Å². The van der Waals surface area contributed by atoms with Gasteiger partial charge in [0.05, 0.1) is 6.04 Å². The van der Waals surface area contributed by atoms with E-state index in [0.29, 0.717) is 5.56 Å². The Morgan fingerprint density at radius 3 is 2.35 bits per heavy atom. The highest BCUT2D eigenvalue weighted by molar-refractivity contribution is 9.10. The monoisotopic (exact) mass is 337 g/mol. The van der Waals surface area contributed by atoms with Crippen LogP contribution in [0.2, 0.25) is 0 Å². The minimum absolute atomic E-state index is 0.284. The van der Waals surface area contributed by atoms with E-state index in [0.717, 1.165) is 15.7 Å². The third-order valence-electron chi connectivity index (χ3n) is 3.18. The molecule has 0 aliphatic rings. The molecule has 3 N–H and O–H groups in total. The number of hydrazine groups is 1. The van der Waals surface area contributed by atoms with E-state index in [9.17, 15) is 4.39 Å². The zero-order valence-corrected chi connectivity index (χ0v) is 13.0. The van der Waals surface area contributed by atoms with Gasteiger partial charge in [0.1, 0.15) is 5.82 Å². The summed E-state index contributed by atoms with van der Waals surface area (Å²) in [6, 6.07) is 12.3. The third kappa shape index (κ3) is 3.17. The van der Waals surface area contributed by atoms with E-state index in [4.69, 9.17) is 5.84 Å². The number of nitrogens with one attached hydrogen (secondary N) is 1. The van der Waals surface area contributed by atoms with E-state index in [1.54, 1.807) is 12.1 Å². The van der Waals surface area contributed by atoms with Crippen molar-refractivity contribution >= 4 is 21.6 Å². The highest BCUT2D eigenvalue weighted by atomic mass is 79.9. The highest BCUT2D eigenvalue weighted by Crippen LogP contribution is 2.27. The Bertz CT molecular complexity index is 584. The molecule has 0 aromatic heterocycles. The summed E-state index contributed by atoms with van der Waals surface area (Å²) >= 11 is 3.36. The number of halogens is 2. The molecular weight excluding hydrogens is 321 g/mol. The molecule has 0 saturated heterocycles. The first kappa shape index (κ1) is 15.0. The summed E-state index contributed by atoms with van der Waals surface area (Å²) < 4.78 is 14.8. The van der Waals surface area contributed by atoms with E-state index in [1.165, 1.54) is 6.07 Å². The van der Waals surface area contributed by atoms with Crippen LogP contribution >= 0.6 is 15.9 Å². The van der Waals surface area contributed by atoms with Crippen molar-refractivity contribution < 1.29 is 4.39 Å². The third-order valence-corrected chi connectivity index (χ3v) is 3.67. The SMILES string of the molecule is CN(C)c1ccc(C(NN)c2cc(Br)ccc2F)cc1. The average molecular weight is 338 g/mol. The van der Waals surface area contributed by atoms with E-state index < -0.39 is 0 Å². The molecule has 2 aromatic rings. The van der Waals surface area contributed by atoms with Gasteiger partial charge in [-0.15, -0.1) is 0 Å². The van der Waals surface area contributed by atoms with E-state index >= 15 is 0 Å². The fraction of sp³-hybridized carbons (Fsp3) is 0.200. The van der Waals surface area contributed by atoms with Crippen LogP contribution in [0.1, 0.15) is 17.2 Å². The molecule has 106 valence electrons. The van der Waals surface area contributed by atoms with Gasteiger partial charge in [0.15, 0.2) is 0 Å². The fourth-order valence-electron chi connectivity index (χ4n) is 2.07. The summed E-state index contributed by atoms with van der Waals surface area (Å²) in [6.45, 7) is 0. The first-order valence-corrected chi connectivity index (χ1v) is 7.00. The van der Waals surface area contributed by atoms with Crippen molar-refractivity contribution in [1.29, 1.82) is 0 Å². The molecule has 2 aromatic carbocycles. The van der Waals surface area contributed by atoms with Gasteiger partial charge in [-0.25, -0.2) is 9.82 Å². The topological polar surface area (TPSA) is 41.3 Å². The molecule has 5 heteroatoms. The Kier molecular flexibility index (Phi) is 4.75. The number of nitrogens with zero attached hydrogens (tertiary/aromatic N) is 1. The Morgan fingerprint density at radius 1 is 1.15 bits per heavy atom. The largest absolute Gasteiger partial charge is 0.378 e. The van der Waals surface area contributed by atoms with Crippen molar-refractivity contribution in [3.05, 3.63) is 63.9 Å². The van der Waals surface area contributed by atoms with Gasteiger partial charge in [-0.05, 0) is 35.9 Å². The van der Waals surface area contributed by atoms with E-state index in [-0.39, 0.29) is 11.9 Å². The van der Waals surface area contributed by atoms with Crippen LogP contribution in [0.3, 0.4) is 0 Å². The van der Waals surface area contributed by atoms with Gasteiger partial charge < -0.3 is 4.90 Å². The van der Waals surface area contributed by atoms with Crippen molar-refractivity contribution in [1.82, 2.24) is 5.43 Å². The maximum atomic E-state index is 14.0. The smallest absolute Gasteiger partial charge is 0.128 e. The molecule has 0 heterocycles. The number of hydrogen-bond acceptors (Lipinski definition) is 3. The molecule has 0 fully saturated rings. The number of hydrogen-bond donors (Lipinski definition) is 2. The second kappa shape index (κ2) is 6.35. The lowest BCUT2D eigenvalue weighted by atomic mass is 9.98. The van der Waals surface area contributed by atoms with Crippen molar-refractivity contribution in [2.45, 2.75) is 6.04 Å². The first-order valence-electron chi connectivity index (χ1n) is 6.21. The molecule has 20 heavy (non-hydrogen) atoms. The molecule has 0 aliphatic heterocycles. The lowest BCUT2D eigenvalue weighted by molar-refractivity contribution is 0.560. The van der Waals surface area contributed by atoms with Crippen molar-refractivity contribution in [2.75, 3.05) is 19.0 Å². The van der Waals surface area contributed by atoms with Gasteiger partial charge in [0.25, 0.3) is 0 Å². The lowest BCUT2D eigenvalue weighted by Gasteiger charge is -2.19. The van der Waals surface area contributed by atoms with Crippen LogP contribution in [-0.4, -0.2) is 14.1 Å². The second-order valence-corrected chi connectivity index (χ2v) is 5.67. The predicted octanol–water partition coefficient (Wildman–Crippen LogP) is 3.21. The normalized spacial score (nSPS) is 12.2. The summed E-state index contributed by atoms with van der Waals surface area (Å²) in [4.78, 5) is 2.01. The molecule has 0 radical (unpaired) electrons. The molecule has 3 nitrogen and oxygen atoms in total. The van der Waals surface area contributed by atoms with Crippen molar-refractivity contribution in [3.63, 3.8) is 0 Å². The van der Waals surface area contributed by atoms with Gasteiger partial charge in [0, 0.05) is 29.8 Å². The van der Waals surface area contributed by atoms with Crippen LogP contribution in [0.5, 0.6) is 0 Å². The molecule has 1 unspecified atom stereocenters. The predicted molar refractivity (Wildman–Crippen MR) is 84.0 cm³/mol. The zero-order chi connectivity index (χ0) is 14.7. The van der Waals surface area contributed by atoms with Gasteiger partial charge in [-0.2, -0.15) is 0 Å². The molecule has 0 aliphatic carbocycles. The molecule has 0 amide bonds. The molecule has 1 atom stereocenters. The van der Waals surface area contributed by atoms with Gasteiger partial charge in [0.2, 0.25) is 0 Å². The van der Waals surface area contributed by atoms with E-state index in [2.05, 4.69) is 21.4 Å². The van der Waals surface area contributed by atoms with Gasteiger partial charge >= 0.3 is 0 Å². The van der Waals surface area contributed by atoms with Crippen molar-refractivity contribution in [3.8, 4) is 0 Å². The van der Waals surface area contributed by atoms with Crippen LogP contribution in [0.25, 0.3) is 0 Å². The Morgan fingerprint density at radius 2 is 1.80 bits per heavy atom. The summed E-state index contributed by atoms with van der Waals surface area (Å²) in [7, 11) is 3.95. The van der Waals surface area contributed by atoms with Crippen LogP contribution < -0.4 is 16.2 Å². The Hall–Kier alpha value is -1.43. The molecule has 0 bridgehead atoms. The number of benzene rings is 2. The molecular formula is C15H17BrFN3. The number of rotatable bonds is 4. The van der Waals surface area contributed by atoms with Gasteiger partial charge in [-0.3, -0.25) is 5.84 Å². The summed E-state index contributed by atoms with van der Waals surface area (Å²) in [6.07, 6.45) is 0. The standard InChI is InChI=1S/C15H17BrFN3/c1-20(2)12-6-3-10(4-7-12)15(19-18)13-9-11(16)5-8-14(13)17/h3-9,15,19H,18H2,1-2H3. The average Bonchev–Trinajstić information content (AvgIpc) is 2.44. The second-order valence-electron chi connectivity index (χ2n) is 4.75. The van der Waals surface area contributed by atoms with Gasteiger partial charge in [-0.1, -0.05) is 28.1 Å². The number of anilines is 1. The number of nitrogens with two attached hydrogens (primary N) is 1. The molecule has 2 rings (SSSR count). The van der Waals surface area contributed by atoms with Crippen LogP contribution in [0, 0.1) is 5.82 Å². The first-order chi connectivity index (χ1) is 9.52. The lowest BCUT2D eigenvalue weighted by Crippen LogP contribution is -2.29. The summed E-state index contributed by atoms with van der Waals surface area (Å²) in [5.74, 6) is 5.33. The van der Waals surface area contributed by atoms with Crippen LogP contribution in [0.15, 0.2) is 46.9 Å². The Balaban J connectivity index is 2.39. The molecule has 0 saturated carbocycles. The van der Waals surface area contributed by atoms with E-state index in [1.807, 2.05) is 43.3 Å². The maximum Gasteiger partial charge on any atom is 0.128 e. The quantitative estimate of drug-likeness (QED) is 0.664. The fourth-order valence-corrected chi connectivity index (χ4v) is 2.45. The summed E-state index contributed by atoms with van der Waals surface area (Å²) in [5.41, 5.74) is 5.19. The minimum atomic E-state index is -0.385. The maximum absolute atomic E-state index is 14.0. The zero-order valence-electron chi connectivity index (χ0n) is 11.4. The minimum Gasteiger partial charge on any atom is -0.378 e. The van der Waals surface area contributed by atoms with Crippen molar-refractivity contribution in [2.24, 2.45) is 5.84 Å². The summed E-state index contributed by atoms with van der Waals surface area (Å²) in [5, 5.41) is 0. The van der Waals surface area contributed by atoms with Crippen LogP contribution in [-0.2, 0) is 0 Å². The van der Waals surface area contributed by atoms with Crippen LogP contribution in [0.4, 0.5) is 10.1 Å². The molecule has 0 spiro atoms. The highest BCUT2D eigenvalue weighted by Gasteiger charge is 2.17.